The first-order valence-corrected chi connectivity index (χ1v) is 7.82. The summed E-state index contributed by atoms with van der Waals surface area (Å²) in [4.78, 5) is 25.4. The monoisotopic (exact) mass is 313 g/mol. The summed E-state index contributed by atoms with van der Waals surface area (Å²) in [7, 11) is 1.33. The van der Waals surface area contributed by atoms with Crippen molar-refractivity contribution in [3.63, 3.8) is 0 Å². The SMILES string of the molecule is COC(=O)N1CCCC[C@H]1C(=O)NCCSc1cn[nH]n1. The Kier molecular flexibility index (Phi) is 5.85. The summed E-state index contributed by atoms with van der Waals surface area (Å²) in [5, 5.41) is 13.8. The molecule has 21 heavy (non-hydrogen) atoms. The molecular weight excluding hydrogens is 294 g/mol. The van der Waals surface area contributed by atoms with E-state index >= 15 is 0 Å². The van der Waals surface area contributed by atoms with Gasteiger partial charge in [-0.25, -0.2) is 4.79 Å². The normalized spacial score (nSPS) is 18.3. The van der Waals surface area contributed by atoms with E-state index < -0.39 is 12.1 Å². The van der Waals surface area contributed by atoms with E-state index in [-0.39, 0.29) is 5.91 Å². The number of aromatic nitrogens is 3. The average Bonchev–Trinajstić information content (AvgIpc) is 3.04. The molecule has 1 saturated heterocycles. The number of piperidine rings is 1. The van der Waals surface area contributed by atoms with Crippen molar-refractivity contribution < 1.29 is 14.3 Å². The van der Waals surface area contributed by atoms with E-state index in [0.717, 1.165) is 17.9 Å². The van der Waals surface area contributed by atoms with Crippen LogP contribution in [0.15, 0.2) is 11.2 Å². The standard InChI is InChI=1S/C12H19N5O3S/c1-20-12(19)17-6-3-2-4-9(17)11(18)13-5-7-21-10-8-14-16-15-10/h8-9H,2-7H2,1H3,(H,13,18)(H,14,15,16)/t9-/m0/s1. The van der Waals surface area contributed by atoms with Crippen molar-refractivity contribution in [3.8, 4) is 0 Å². The molecule has 1 aliphatic rings. The molecule has 1 aliphatic heterocycles. The molecule has 0 aromatic carbocycles. The fourth-order valence-electron chi connectivity index (χ4n) is 2.25. The molecule has 2 heterocycles. The van der Waals surface area contributed by atoms with Crippen LogP contribution in [0.2, 0.25) is 0 Å². The van der Waals surface area contributed by atoms with Gasteiger partial charge in [0.15, 0.2) is 0 Å². The predicted octanol–water partition coefficient (Wildman–Crippen LogP) is 0.634. The Morgan fingerprint density at radius 2 is 2.43 bits per heavy atom. The summed E-state index contributed by atoms with van der Waals surface area (Å²) >= 11 is 1.50. The van der Waals surface area contributed by atoms with Gasteiger partial charge in [0.05, 0.1) is 13.3 Å². The van der Waals surface area contributed by atoms with Gasteiger partial charge in [0.2, 0.25) is 5.91 Å². The van der Waals surface area contributed by atoms with E-state index in [1.54, 1.807) is 6.20 Å². The number of rotatable bonds is 5. The summed E-state index contributed by atoms with van der Waals surface area (Å²) < 4.78 is 4.73. The highest BCUT2D eigenvalue weighted by Gasteiger charge is 2.32. The number of H-pyrrole nitrogens is 1. The minimum Gasteiger partial charge on any atom is -0.453 e. The molecule has 0 aliphatic carbocycles. The van der Waals surface area contributed by atoms with Crippen molar-refractivity contribution in [3.05, 3.63) is 6.20 Å². The van der Waals surface area contributed by atoms with Gasteiger partial charge in [-0.1, -0.05) is 0 Å². The van der Waals surface area contributed by atoms with E-state index in [1.165, 1.54) is 23.8 Å². The van der Waals surface area contributed by atoms with Crippen molar-refractivity contribution in [1.82, 2.24) is 25.6 Å². The van der Waals surface area contributed by atoms with Gasteiger partial charge in [0.25, 0.3) is 0 Å². The van der Waals surface area contributed by atoms with Crippen molar-refractivity contribution in [2.45, 2.75) is 30.3 Å². The van der Waals surface area contributed by atoms with E-state index in [9.17, 15) is 9.59 Å². The molecule has 0 bridgehead atoms. The lowest BCUT2D eigenvalue weighted by molar-refractivity contribution is -0.126. The Balaban J connectivity index is 1.76. The lowest BCUT2D eigenvalue weighted by Gasteiger charge is -2.33. The summed E-state index contributed by atoms with van der Waals surface area (Å²) in [5.74, 6) is 0.573. The molecule has 8 nitrogen and oxygen atoms in total. The molecule has 2 amide bonds. The van der Waals surface area contributed by atoms with Gasteiger partial charge in [0.1, 0.15) is 11.1 Å². The second kappa shape index (κ2) is 7.87. The molecule has 116 valence electrons. The maximum atomic E-state index is 12.2. The van der Waals surface area contributed by atoms with Crippen molar-refractivity contribution in [2.75, 3.05) is 26.0 Å². The van der Waals surface area contributed by atoms with Crippen LogP contribution in [0, 0.1) is 0 Å². The number of amides is 2. The third-order valence-electron chi connectivity index (χ3n) is 3.26. The molecule has 0 saturated carbocycles. The number of ether oxygens (including phenoxy) is 1. The van der Waals surface area contributed by atoms with Gasteiger partial charge in [-0.05, 0) is 19.3 Å². The highest BCUT2D eigenvalue weighted by atomic mass is 32.2. The fourth-order valence-corrected chi connectivity index (χ4v) is 2.89. The van der Waals surface area contributed by atoms with Crippen LogP contribution in [-0.4, -0.2) is 64.3 Å². The Bertz CT molecular complexity index is 467. The van der Waals surface area contributed by atoms with Crippen LogP contribution in [-0.2, 0) is 9.53 Å². The summed E-state index contributed by atoms with van der Waals surface area (Å²) in [6.45, 7) is 1.08. The molecule has 0 spiro atoms. The summed E-state index contributed by atoms with van der Waals surface area (Å²) in [5.41, 5.74) is 0. The number of carbonyl (C=O) groups excluding carboxylic acids is 2. The van der Waals surface area contributed by atoms with Crippen molar-refractivity contribution >= 4 is 23.8 Å². The highest BCUT2D eigenvalue weighted by Crippen LogP contribution is 2.18. The van der Waals surface area contributed by atoms with Gasteiger partial charge >= 0.3 is 6.09 Å². The largest absolute Gasteiger partial charge is 0.453 e. The third-order valence-corrected chi connectivity index (χ3v) is 4.16. The van der Waals surface area contributed by atoms with Gasteiger partial charge < -0.3 is 10.1 Å². The molecule has 1 atom stereocenters. The minimum absolute atomic E-state index is 0.124. The molecule has 2 rings (SSSR count). The number of aromatic amines is 1. The number of hydrogen-bond acceptors (Lipinski definition) is 6. The number of thioether (sulfide) groups is 1. The Hall–Kier alpha value is -1.77. The van der Waals surface area contributed by atoms with E-state index in [4.69, 9.17) is 4.74 Å². The molecule has 2 N–H and O–H groups in total. The minimum atomic E-state index is -0.438. The van der Waals surface area contributed by atoms with Gasteiger partial charge in [-0.3, -0.25) is 9.69 Å². The van der Waals surface area contributed by atoms with E-state index in [2.05, 4.69) is 20.7 Å². The molecular formula is C12H19N5O3S. The quantitative estimate of drug-likeness (QED) is 0.611. The topological polar surface area (TPSA) is 100 Å². The maximum Gasteiger partial charge on any atom is 0.410 e. The number of nitrogens with one attached hydrogen (secondary N) is 2. The smallest absolute Gasteiger partial charge is 0.410 e. The first-order valence-electron chi connectivity index (χ1n) is 6.83. The first-order chi connectivity index (χ1) is 10.2. The third kappa shape index (κ3) is 4.35. The zero-order valence-electron chi connectivity index (χ0n) is 11.9. The van der Waals surface area contributed by atoms with Gasteiger partial charge in [-0.2, -0.15) is 10.3 Å². The van der Waals surface area contributed by atoms with Crippen LogP contribution in [0.4, 0.5) is 4.79 Å². The zero-order chi connectivity index (χ0) is 15.1. The van der Waals surface area contributed by atoms with Crippen molar-refractivity contribution in [2.24, 2.45) is 0 Å². The number of methoxy groups -OCH3 is 1. The second-order valence-electron chi connectivity index (χ2n) is 4.62. The Labute approximate surface area is 127 Å². The van der Waals surface area contributed by atoms with Crippen LogP contribution in [0.3, 0.4) is 0 Å². The van der Waals surface area contributed by atoms with Crippen LogP contribution in [0.5, 0.6) is 0 Å². The Morgan fingerprint density at radius 1 is 1.57 bits per heavy atom. The highest BCUT2D eigenvalue weighted by molar-refractivity contribution is 7.99. The van der Waals surface area contributed by atoms with Crippen LogP contribution in [0.1, 0.15) is 19.3 Å². The molecule has 9 heteroatoms. The fraction of sp³-hybridized carbons (Fsp3) is 0.667. The lowest BCUT2D eigenvalue weighted by atomic mass is 10.0. The predicted molar refractivity (Wildman–Crippen MR) is 76.9 cm³/mol. The molecule has 1 aromatic rings. The summed E-state index contributed by atoms with van der Waals surface area (Å²) in [6, 6.07) is -0.428. The van der Waals surface area contributed by atoms with Crippen LogP contribution < -0.4 is 5.32 Å². The maximum absolute atomic E-state index is 12.2. The summed E-state index contributed by atoms with van der Waals surface area (Å²) in [6.07, 6.45) is 3.72. The number of likely N-dealkylation sites (tertiary alicyclic amines) is 1. The van der Waals surface area contributed by atoms with E-state index in [0.29, 0.717) is 25.3 Å². The average molecular weight is 313 g/mol. The first kappa shape index (κ1) is 15.6. The molecule has 0 radical (unpaired) electrons. The van der Waals surface area contributed by atoms with Crippen LogP contribution >= 0.6 is 11.8 Å². The van der Waals surface area contributed by atoms with Gasteiger partial charge in [0, 0.05) is 18.8 Å². The lowest BCUT2D eigenvalue weighted by Crippen LogP contribution is -2.52. The second-order valence-corrected chi connectivity index (χ2v) is 5.74. The molecule has 1 aromatic heterocycles. The van der Waals surface area contributed by atoms with Gasteiger partial charge in [-0.15, -0.1) is 16.9 Å². The molecule has 0 unspecified atom stereocenters. The Morgan fingerprint density at radius 3 is 3.14 bits per heavy atom. The zero-order valence-corrected chi connectivity index (χ0v) is 12.7. The van der Waals surface area contributed by atoms with Crippen molar-refractivity contribution in [1.29, 1.82) is 0 Å². The van der Waals surface area contributed by atoms with E-state index in [1.807, 2.05) is 0 Å². The van der Waals surface area contributed by atoms with Crippen LogP contribution in [0.25, 0.3) is 0 Å². The molecule has 1 fully saturated rings. The number of nitrogens with zero attached hydrogens (tertiary/aromatic N) is 3. The number of hydrogen-bond donors (Lipinski definition) is 2. The number of carbonyl (C=O) groups is 2.